The molecule has 0 bridgehead atoms. The summed E-state index contributed by atoms with van der Waals surface area (Å²) in [5.74, 6) is 0.501. The Kier molecular flexibility index (Phi) is 4.13. The molecule has 2 rings (SSSR count). The first kappa shape index (κ1) is 14.4. The monoisotopic (exact) mass is 287 g/mol. The number of hydrogen-bond acceptors (Lipinski definition) is 5. The number of pyridine rings is 1. The normalized spacial score (nSPS) is 10.1. The van der Waals surface area contributed by atoms with E-state index in [0.29, 0.717) is 22.8 Å². The van der Waals surface area contributed by atoms with E-state index in [4.69, 9.17) is 10.5 Å². The number of carbonyl (C=O) groups excluding carboxylic acids is 1. The van der Waals surface area contributed by atoms with E-state index in [-0.39, 0.29) is 12.1 Å². The van der Waals surface area contributed by atoms with Crippen LogP contribution in [0.2, 0.25) is 0 Å². The number of nitrogens with zero attached hydrogens (tertiary/aromatic N) is 2. The summed E-state index contributed by atoms with van der Waals surface area (Å²) in [6.07, 6.45) is 1.53. The number of nitrogens with two attached hydrogens (primary N) is 1. The van der Waals surface area contributed by atoms with Gasteiger partial charge in [0.05, 0.1) is 17.0 Å². The van der Waals surface area contributed by atoms with E-state index in [1.54, 1.807) is 19.1 Å². The van der Waals surface area contributed by atoms with Crippen LogP contribution in [-0.2, 0) is 11.2 Å². The minimum atomic E-state index is -0.480. The molecule has 0 aliphatic rings. The second-order valence-corrected chi connectivity index (χ2v) is 4.43. The number of amides is 1. The van der Waals surface area contributed by atoms with Crippen molar-refractivity contribution in [3.8, 4) is 11.5 Å². The number of ether oxygens (including phenoxy) is 1. The molecule has 1 aromatic heterocycles. The molecule has 0 radical (unpaired) electrons. The summed E-state index contributed by atoms with van der Waals surface area (Å²) in [4.78, 5) is 25.1. The Morgan fingerprint density at radius 1 is 1.38 bits per heavy atom. The lowest BCUT2D eigenvalue weighted by molar-refractivity contribution is -0.384. The van der Waals surface area contributed by atoms with E-state index < -0.39 is 10.8 Å². The van der Waals surface area contributed by atoms with Gasteiger partial charge in [-0.05, 0) is 24.6 Å². The second kappa shape index (κ2) is 6.00. The van der Waals surface area contributed by atoms with Crippen LogP contribution in [0.5, 0.6) is 11.5 Å². The lowest BCUT2D eigenvalue weighted by Gasteiger charge is -2.09. The number of benzene rings is 1. The van der Waals surface area contributed by atoms with Crippen molar-refractivity contribution in [3.05, 3.63) is 57.9 Å². The zero-order chi connectivity index (χ0) is 15.4. The highest BCUT2D eigenvalue weighted by atomic mass is 16.6. The first-order chi connectivity index (χ1) is 9.95. The lowest BCUT2D eigenvalue weighted by Crippen LogP contribution is -2.14. The molecule has 0 fully saturated rings. The molecule has 21 heavy (non-hydrogen) atoms. The standard InChI is InChI=1S/C14H13N3O4/c1-9-6-11(17(19)20)2-3-13(9)21-12-4-5-16-10(7-12)8-14(15)18/h2-7H,8H2,1H3,(H2,15,18). The Morgan fingerprint density at radius 2 is 2.14 bits per heavy atom. The van der Waals surface area contributed by atoms with Gasteiger partial charge in [-0.3, -0.25) is 19.9 Å². The summed E-state index contributed by atoms with van der Waals surface area (Å²) in [5, 5.41) is 10.7. The van der Waals surface area contributed by atoms with Gasteiger partial charge in [-0.25, -0.2) is 0 Å². The van der Waals surface area contributed by atoms with Crippen molar-refractivity contribution in [2.45, 2.75) is 13.3 Å². The molecule has 2 aromatic rings. The van der Waals surface area contributed by atoms with Crippen molar-refractivity contribution < 1.29 is 14.5 Å². The van der Waals surface area contributed by atoms with Gasteiger partial charge in [0.1, 0.15) is 11.5 Å². The quantitative estimate of drug-likeness (QED) is 0.669. The van der Waals surface area contributed by atoms with Crippen molar-refractivity contribution in [3.63, 3.8) is 0 Å². The Labute approximate surface area is 120 Å². The predicted molar refractivity (Wildman–Crippen MR) is 75.0 cm³/mol. The third-order valence-corrected chi connectivity index (χ3v) is 2.74. The largest absolute Gasteiger partial charge is 0.457 e. The third-order valence-electron chi connectivity index (χ3n) is 2.74. The van der Waals surface area contributed by atoms with E-state index in [9.17, 15) is 14.9 Å². The SMILES string of the molecule is Cc1cc([N+](=O)[O-])ccc1Oc1ccnc(CC(N)=O)c1. The molecule has 0 saturated carbocycles. The molecule has 7 heteroatoms. The van der Waals surface area contributed by atoms with Gasteiger partial charge in [0.2, 0.25) is 5.91 Å². The van der Waals surface area contributed by atoms with Crippen LogP contribution in [0, 0.1) is 17.0 Å². The van der Waals surface area contributed by atoms with Crippen LogP contribution in [0.4, 0.5) is 5.69 Å². The fourth-order valence-corrected chi connectivity index (χ4v) is 1.78. The molecule has 7 nitrogen and oxygen atoms in total. The maximum absolute atomic E-state index is 10.9. The van der Waals surface area contributed by atoms with Crippen molar-refractivity contribution in [2.75, 3.05) is 0 Å². The minimum absolute atomic E-state index is 0.00370. The van der Waals surface area contributed by atoms with Crippen LogP contribution in [0.3, 0.4) is 0 Å². The average molecular weight is 287 g/mol. The Balaban J connectivity index is 2.22. The molecule has 0 atom stereocenters. The zero-order valence-corrected chi connectivity index (χ0v) is 11.3. The van der Waals surface area contributed by atoms with Gasteiger partial charge < -0.3 is 10.5 Å². The maximum atomic E-state index is 10.9. The van der Waals surface area contributed by atoms with Gasteiger partial charge in [0.25, 0.3) is 5.69 Å². The maximum Gasteiger partial charge on any atom is 0.269 e. The molecule has 0 aliphatic heterocycles. The first-order valence-corrected chi connectivity index (χ1v) is 6.12. The topological polar surface area (TPSA) is 108 Å². The molecule has 1 amide bonds. The van der Waals surface area contributed by atoms with Crippen LogP contribution < -0.4 is 10.5 Å². The lowest BCUT2D eigenvalue weighted by atomic mass is 10.2. The number of hydrogen-bond donors (Lipinski definition) is 1. The van der Waals surface area contributed by atoms with Gasteiger partial charge in [0, 0.05) is 24.4 Å². The average Bonchev–Trinajstić information content (AvgIpc) is 2.40. The molecular weight excluding hydrogens is 274 g/mol. The Morgan fingerprint density at radius 3 is 2.76 bits per heavy atom. The smallest absolute Gasteiger partial charge is 0.269 e. The van der Waals surface area contributed by atoms with E-state index >= 15 is 0 Å². The molecule has 0 spiro atoms. The third kappa shape index (κ3) is 3.75. The predicted octanol–water partition coefficient (Wildman–Crippen LogP) is 2.12. The summed E-state index contributed by atoms with van der Waals surface area (Å²) in [5.41, 5.74) is 6.25. The van der Waals surface area contributed by atoms with Crippen molar-refractivity contribution >= 4 is 11.6 Å². The summed E-state index contributed by atoms with van der Waals surface area (Å²) in [7, 11) is 0. The molecule has 1 aromatic carbocycles. The van der Waals surface area contributed by atoms with Crippen LogP contribution in [-0.4, -0.2) is 15.8 Å². The van der Waals surface area contributed by atoms with E-state index in [2.05, 4.69) is 4.98 Å². The first-order valence-electron chi connectivity index (χ1n) is 6.12. The van der Waals surface area contributed by atoms with Crippen LogP contribution in [0.25, 0.3) is 0 Å². The molecular formula is C14H13N3O4. The number of carbonyl (C=O) groups is 1. The van der Waals surface area contributed by atoms with E-state index in [0.717, 1.165) is 0 Å². The highest BCUT2D eigenvalue weighted by Crippen LogP contribution is 2.28. The summed E-state index contributed by atoms with van der Waals surface area (Å²) in [6, 6.07) is 7.56. The van der Waals surface area contributed by atoms with Crippen LogP contribution in [0.15, 0.2) is 36.5 Å². The highest BCUT2D eigenvalue weighted by Gasteiger charge is 2.10. The summed E-state index contributed by atoms with van der Waals surface area (Å²) < 4.78 is 5.65. The van der Waals surface area contributed by atoms with Gasteiger partial charge >= 0.3 is 0 Å². The zero-order valence-electron chi connectivity index (χ0n) is 11.3. The molecule has 108 valence electrons. The Hall–Kier alpha value is -2.96. The van der Waals surface area contributed by atoms with Crippen molar-refractivity contribution in [1.82, 2.24) is 4.98 Å². The second-order valence-electron chi connectivity index (χ2n) is 4.43. The highest BCUT2D eigenvalue weighted by molar-refractivity contribution is 5.76. The van der Waals surface area contributed by atoms with Crippen LogP contribution >= 0.6 is 0 Å². The van der Waals surface area contributed by atoms with Gasteiger partial charge in [-0.1, -0.05) is 0 Å². The fraction of sp³-hybridized carbons (Fsp3) is 0.143. The van der Waals surface area contributed by atoms with E-state index in [1.807, 2.05) is 0 Å². The van der Waals surface area contributed by atoms with Crippen molar-refractivity contribution in [2.24, 2.45) is 5.73 Å². The molecule has 0 saturated heterocycles. The number of non-ortho nitro benzene ring substituents is 1. The molecule has 0 aliphatic carbocycles. The molecule has 1 heterocycles. The Bertz CT molecular complexity index is 700. The van der Waals surface area contributed by atoms with Gasteiger partial charge in [-0.2, -0.15) is 0 Å². The van der Waals surface area contributed by atoms with Crippen LogP contribution in [0.1, 0.15) is 11.3 Å². The van der Waals surface area contributed by atoms with Gasteiger partial charge in [-0.15, -0.1) is 0 Å². The van der Waals surface area contributed by atoms with Gasteiger partial charge in [0.15, 0.2) is 0 Å². The number of rotatable bonds is 5. The van der Waals surface area contributed by atoms with Crippen molar-refractivity contribution in [1.29, 1.82) is 0 Å². The fourth-order valence-electron chi connectivity index (χ4n) is 1.78. The number of aromatic nitrogens is 1. The number of nitro groups is 1. The molecule has 2 N–H and O–H groups in total. The van der Waals surface area contributed by atoms with E-state index in [1.165, 1.54) is 24.4 Å². The number of primary amides is 1. The summed E-state index contributed by atoms with van der Waals surface area (Å²) >= 11 is 0. The molecule has 0 unspecified atom stereocenters. The summed E-state index contributed by atoms with van der Waals surface area (Å²) in [6.45, 7) is 1.72. The number of aryl methyl sites for hydroxylation is 1. The number of nitro benzene ring substituents is 1. The minimum Gasteiger partial charge on any atom is -0.457 e.